The quantitative estimate of drug-likeness (QED) is 0.0238. The molecule has 4 atom stereocenters. The van der Waals surface area contributed by atoms with Crippen molar-refractivity contribution in [1.82, 2.24) is 42.5 Å². The lowest BCUT2D eigenvalue weighted by Crippen LogP contribution is -2.58. The Balaban J connectivity index is 5.56. The van der Waals surface area contributed by atoms with Crippen LogP contribution in [0.4, 0.5) is 0 Å². The zero-order chi connectivity index (χ0) is 46.7. The molecule has 0 aliphatic rings. The number of unbranched alkanes of at least 4 members (excludes halogenated alkanes) is 12. The Hall–Kier alpha value is -5.17. The average Bonchev–Trinajstić information content (AvgIpc) is 3.21. The fraction of sp³-hybridized carbons (Fsp3) is 0.786. The Morgan fingerprint density at radius 2 is 0.903 bits per heavy atom. The molecule has 16 N–H and O–H groups in total. The molecular weight excluding hydrogens is 799 g/mol. The highest BCUT2D eigenvalue weighted by Crippen LogP contribution is 2.13. The van der Waals surface area contributed by atoms with Crippen LogP contribution in [0.5, 0.6) is 0 Å². The first-order valence-corrected chi connectivity index (χ1v) is 22.6. The number of primary amides is 1. The lowest BCUT2D eigenvalue weighted by molar-refractivity contribution is -0.135. The highest BCUT2D eigenvalue weighted by molar-refractivity contribution is 5.96. The van der Waals surface area contributed by atoms with Gasteiger partial charge in [-0.25, -0.2) is 0 Å². The SMILES string of the molecule is CCCCCCCCCCCCCCCC(=O)NCC(=O)N[C@@H](CCCNC(=N)N)C(=O)N[C@@H](CC(C)C)C(=O)N[C@@H](CCCNC(=N)N)C(=O)N[C@@H](CCC(N)=O)C(=O)NC. The molecule has 0 spiro atoms. The Morgan fingerprint density at radius 1 is 0.484 bits per heavy atom. The van der Waals surface area contributed by atoms with Gasteiger partial charge in [0, 0.05) is 33.0 Å². The van der Waals surface area contributed by atoms with Crippen molar-refractivity contribution in [2.75, 3.05) is 26.7 Å². The number of nitrogens with two attached hydrogens (primary N) is 3. The summed E-state index contributed by atoms with van der Waals surface area (Å²) in [5, 5.41) is 35.8. The van der Waals surface area contributed by atoms with Crippen LogP contribution < -0.4 is 59.7 Å². The first-order valence-electron chi connectivity index (χ1n) is 22.6. The van der Waals surface area contributed by atoms with E-state index in [2.05, 4.69) is 49.5 Å². The third kappa shape index (κ3) is 30.8. The molecule has 0 fully saturated rings. The van der Waals surface area contributed by atoms with Gasteiger partial charge in [0.05, 0.1) is 6.54 Å². The number of nitrogens with one attached hydrogen (secondary N) is 10. The van der Waals surface area contributed by atoms with Crippen molar-refractivity contribution in [3.05, 3.63) is 0 Å². The van der Waals surface area contributed by atoms with Gasteiger partial charge in [-0.2, -0.15) is 0 Å². The molecule has 0 heterocycles. The second-order valence-electron chi connectivity index (χ2n) is 16.3. The molecule has 7 amide bonds. The molecule has 356 valence electrons. The van der Waals surface area contributed by atoms with Gasteiger partial charge in [-0.1, -0.05) is 97.8 Å². The van der Waals surface area contributed by atoms with Gasteiger partial charge in [0.2, 0.25) is 41.4 Å². The minimum absolute atomic E-state index is 0.0450. The monoisotopic (exact) mass is 880 g/mol. The van der Waals surface area contributed by atoms with Gasteiger partial charge in [-0.3, -0.25) is 44.4 Å². The molecule has 0 aromatic carbocycles. The normalized spacial score (nSPS) is 12.8. The number of likely N-dealkylation sites (N-methyl/N-ethyl adjacent to an activating group) is 1. The summed E-state index contributed by atoms with van der Waals surface area (Å²) in [7, 11) is 1.37. The molecule has 0 bridgehead atoms. The van der Waals surface area contributed by atoms with E-state index in [1.54, 1.807) is 0 Å². The second-order valence-corrected chi connectivity index (χ2v) is 16.3. The molecule has 20 nitrogen and oxygen atoms in total. The van der Waals surface area contributed by atoms with Gasteiger partial charge in [0.1, 0.15) is 24.2 Å². The molecule has 0 radical (unpaired) electrons. The molecule has 0 saturated heterocycles. The summed E-state index contributed by atoms with van der Waals surface area (Å²) >= 11 is 0. The van der Waals surface area contributed by atoms with Crippen LogP contribution in [0.2, 0.25) is 0 Å². The second kappa shape index (κ2) is 35.4. The van der Waals surface area contributed by atoms with E-state index in [0.29, 0.717) is 12.8 Å². The summed E-state index contributed by atoms with van der Waals surface area (Å²) < 4.78 is 0. The Morgan fingerprint density at radius 3 is 1.34 bits per heavy atom. The molecule has 0 aliphatic heterocycles. The smallest absolute Gasteiger partial charge is 0.243 e. The maximum absolute atomic E-state index is 13.9. The minimum atomic E-state index is -1.21. The van der Waals surface area contributed by atoms with E-state index in [4.69, 9.17) is 28.0 Å². The molecule has 0 saturated carbocycles. The minimum Gasteiger partial charge on any atom is -0.370 e. The number of carbonyl (C=O) groups is 7. The standard InChI is InChI=1S/C42H81N13O7/c1-5-6-7-8-9-10-11-12-13-14-15-16-17-22-35(57)51-28-36(58)52-30(20-18-25-49-41(44)45)38(60)55-33(27-29(2)3)40(62)53-31(21-19-26-50-42(46)47)39(61)54-32(37(59)48-4)23-24-34(43)56/h29-33H,5-28H2,1-4H3,(H2,43,56)(H,48,59)(H,51,57)(H,52,58)(H,53,62)(H,54,61)(H,55,60)(H4,44,45,49)(H4,46,47,50)/t30-,31-,32-,33-/m0/s1. The van der Waals surface area contributed by atoms with Crippen molar-refractivity contribution in [1.29, 1.82) is 10.8 Å². The highest BCUT2D eigenvalue weighted by atomic mass is 16.2. The molecule has 62 heavy (non-hydrogen) atoms. The molecule has 20 heteroatoms. The zero-order valence-electron chi connectivity index (χ0n) is 37.9. The van der Waals surface area contributed by atoms with E-state index in [1.807, 2.05) is 13.8 Å². The van der Waals surface area contributed by atoms with Gasteiger partial charge in [-0.05, 0) is 50.9 Å². The highest BCUT2D eigenvalue weighted by Gasteiger charge is 2.31. The number of rotatable bonds is 37. The molecule has 0 unspecified atom stereocenters. The van der Waals surface area contributed by atoms with Crippen molar-refractivity contribution >= 4 is 53.3 Å². The lowest BCUT2D eigenvalue weighted by Gasteiger charge is -2.27. The van der Waals surface area contributed by atoms with Crippen LogP contribution in [0.25, 0.3) is 0 Å². The number of guanidine groups is 2. The number of carbonyl (C=O) groups excluding carboxylic acids is 7. The number of hydrogen-bond acceptors (Lipinski definition) is 9. The van der Waals surface area contributed by atoms with E-state index < -0.39 is 59.6 Å². The van der Waals surface area contributed by atoms with E-state index in [0.717, 1.165) is 19.3 Å². The molecular formula is C42H81N13O7. The van der Waals surface area contributed by atoms with Crippen LogP contribution in [0, 0.1) is 16.7 Å². The van der Waals surface area contributed by atoms with Gasteiger partial charge in [0.15, 0.2) is 11.9 Å². The molecule has 0 aliphatic carbocycles. The summed E-state index contributed by atoms with van der Waals surface area (Å²) in [5.74, 6) is -4.89. The topological polar surface area (TPSA) is 341 Å². The van der Waals surface area contributed by atoms with E-state index >= 15 is 0 Å². The van der Waals surface area contributed by atoms with Crippen LogP contribution in [-0.2, 0) is 33.6 Å². The van der Waals surface area contributed by atoms with Crippen molar-refractivity contribution in [3.8, 4) is 0 Å². The van der Waals surface area contributed by atoms with Crippen LogP contribution in [0.15, 0.2) is 0 Å². The van der Waals surface area contributed by atoms with Crippen LogP contribution in [-0.4, -0.2) is 104 Å². The molecule has 0 aromatic heterocycles. The lowest BCUT2D eigenvalue weighted by atomic mass is 10.0. The Kier molecular flexibility index (Phi) is 32.5. The van der Waals surface area contributed by atoms with Gasteiger partial charge >= 0.3 is 0 Å². The van der Waals surface area contributed by atoms with Gasteiger partial charge in [-0.15, -0.1) is 0 Å². The maximum Gasteiger partial charge on any atom is 0.243 e. The largest absolute Gasteiger partial charge is 0.370 e. The maximum atomic E-state index is 13.9. The summed E-state index contributed by atoms with van der Waals surface area (Å²) in [6, 6.07) is -4.63. The third-order valence-electron chi connectivity index (χ3n) is 10.1. The molecule has 0 rings (SSSR count). The predicted octanol–water partition coefficient (Wildman–Crippen LogP) is 1.11. The Bertz CT molecular complexity index is 1380. The summed E-state index contributed by atoms with van der Waals surface area (Å²) in [6.45, 7) is 5.97. The van der Waals surface area contributed by atoms with Crippen molar-refractivity contribution in [2.45, 2.75) is 180 Å². The predicted molar refractivity (Wildman–Crippen MR) is 241 cm³/mol. The average molecular weight is 880 g/mol. The van der Waals surface area contributed by atoms with E-state index in [9.17, 15) is 33.6 Å². The fourth-order valence-electron chi connectivity index (χ4n) is 6.66. The van der Waals surface area contributed by atoms with Crippen LogP contribution in [0.3, 0.4) is 0 Å². The van der Waals surface area contributed by atoms with E-state index in [-0.39, 0.29) is 88.3 Å². The summed E-state index contributed by atoms with van der Waals surface area (Å²) in [5.41, 5.74) is 16.0. The zero-order valence-corrected chi connectivity index (χ0v) is 37.9. The fourth-order valence-corrected chi connectivity index (χ4v) is 6.66. The summed E-state index contributed by atoms with van der Waals surface area (Å²) in [4.78, 5) is 90.7. The first kappa shape index (κ1) is 56.8. The van der Waals surface area contributed by atoms with Crippen molar-refractivity contribution < 1.29 is 33.6 Å². The van der Waals surface area contributed by atoms with Crippen molar-refractivity contribution in [2.24, 2.45) is 23.1 Å². The van der Waals surface area contributed by atoms with Crippen LogP contribution in [0.1, 0.15) is 156 Å². The number of hydrogen-bond donors (Lipinski definition) is 13. The first-order chi connectivity index (χ1) is 29.5. The van der Waals surface area contributed by atoms with Crippen LogP contribution >= 0.6 is 0 Å². The Labute approximate surface area is 369 Å². The van der Waals surface area contributed by atoms with Crippen molar-refractivity contribution in [3.63, 3.8) is 0 Å². The third-order valence-corrected chi connectivity index (χ3v) is 10.1. The van der Waals surface area contributed by atoms with E-state index in [1.165, 1.54) is 64.8 Å². The van der Waals surface area contributed by atoms with Gasteiger partial charge < -0.3 is 59.7 Å². The van der Waals surface area contributed by atoms with Gasteiger partial charge in [0.25, 0.3) is 0 Å². The number of amides is 7. The molecule has 0 aromatic rings. The summed E-state index contributed by atoms with van der Waals surface area (Å²) in [6.07, 6.45) is 16.3.